The number of hydrogen-bond acceptors (Lipinski definition) is 2. The minimum Gasteiger partial charge on any atom is -0.335 e. The van der Waals surface area contributed by atoms with Crippen LogP contribution in [-0.2, 0) is 4.79 Å². The maximum atomic E-state index is 12.1. The molecule has 2 aliphatic rings. The Labute approximate surface area is 104 Å². The Morgan fingerprint density at radius 2 is 2.00 bits per heavy atom. The van der Waals surface area contributed by atoms with Crippen molar-refractivity contribution in [1.82, 2.24) is 10.2 Å². The largest absolute Gasteiger partial charge is 0.335 e. The number of hydrogen-bond donors (Lipinski definition) is 1. The van der Waals surface area contributed by atoms with Gasteiger partial charge < -0.3 is 10.2 Å². The van der Waals surface area contributed by atoms with Crippen LogP contribution in [0.4, 0.5) is 0 Å². The van der Waals surface area contributed by atoms with Crippen LogP contribution in [0.15, 0.2) is 0 Å². The van der Waals surface area contributed by atoms with Crippen LogP contribution in [0.3, 0.4) is 0 Å². The fourth-order valence-electron chi connectivity index (χ4n) is 2.84. The van der Waals surface area contributed by atoms with Crippen molar-refractivity contribution in [3.8, 4) is 0 Å². The SMILES string of the molecule is CC(C)CC(=O)N1C2CCNCC1CC2.Cl. The number of fused-ring (bicyclic) bond motifs is 2. The minimum atomic E-state index is 0. The first-order valence-electron chi connectivity index (χ1n) is 6.20. The number of amides is 1. The summed E-state index contributed by atoms with van der Waals surface area (Å²) in [7, 11) is 0. The summed E-state index contributed by atoms with van der Waals surface area (Å²) in [5.74, 6) is 0.856. The quantitative estimate of drug-likeness (QED) is 0.806. The molecule has 16 heavy (non-hydrogen) atoms. The van der Waals surface area contributed by atoms with Crippen molar-refractivity contribution < 1.29 is 4.79 Å². The van der Waals surface area contributed by atoms with Gasteiger partial charge in [0, 0.05) is 25.0 Å². The molecule has 1 amide bonds. The van der Waals surface area contributed by atoms with E-state index in [0.29, 0.717) is 30.3 Å². The third kappa shape index (κ3) is 2.89. The maximum absolute atomic E-state index is 12.1. The molecular formula is C12H23ClN2O. The van der Waals surface area contributed by atoms with E-state index in [4.69, 9.17) is 0 Å². The molecule has 2 heterocycles. The van der Waals surface area contributed by atoms with Crippen LogP contribution >= 0.6 is 12.4 Å². The molecule has 0 aromatic rings. The van der Waals surface area contributed by atoms with Crippen LogP contribution in [0.2, 0.25) is 0 Å². The number of nitrogens with one attached hydrogen (secondary N) is 1. The Kier molecular flexibility index (Phi) is 5.06. The van der Waals surface area contributed by atoms with Gasteiger partial charge >= 0.3 is 0 Å². The first-order valence-corrected chi connectivity index (χ1v) is 6.20. The molecule has 2 fully saturated rings. The molecule has 3 nitrogen and oxygen atoms in total. The van der Waals surface area contributed by atoms with Gasteiger partial charge in [0.2, 0.25) is 5.91 Å². The summed E-state index contributed by atoms with van der Waals surface area (Å²) in [4.78, 5) is 14.3. The fourth-order valence-corrected chi connectivity index (χ4v) is 2.84. The molecule has 4 heteroatoms. The molecule has 94 valence electrons. The highest BCUT2D eigenvalue weighted by Crippen LogP contribution is 2.29. The van der Waals surface area contributed by atoms with Crippen molar-refractivity contribution in [3.05, 3.63) is 0 Å². The number of rotatable bonds is 2. The smallest absolute Gasteiger partial charge is 0.223 e. The zero-order valence-corrected chi connectivity index (χ0v) is 11.1. The summed E-state index contributed by atoms with van der Waals surface area (Å²) in [6, 6.07) is 1.000. The monoisotopic (exact) mass is 246 g/mol. The zero-order chi connectivity index (χ0) is 10.8. The Morgan fingerprint density at radius 3 is 2.69 bits per heavy atom. The highest BCUT2D eigenvalue weighted by Gasteiger charge is 2.37. The Balaban J connectivity index is 0.00000128. The van der Waals surface area contributed by atoms with Crippen LogP contribution < -0.4 is 5.32 Å². The number of halogens is 1. The molecule has 2 saturated heterocycles. The van der Waals surface area contributed by atoms with Gasteiger partial charge in [0.05, 0.1) is 0 Å². The molecule has 2 rings (SSSR count). The van der Waals surface area contributed by atoms with Crippen molar-refractivity contribution in [2.45, 2.75) is 51.6 Å². The van der Waals surface area contributed by atoms with E-state index in [1.807, 2.05) is 0 Å². The highest BCUT2D eigenvalue weighted by atomic mass is 35.5. The molecule has 2 unspecified atom stereocenters. The van der Waals surface area contributed by atoms with E-state index in [1.54, 1.807) is 0 Å². The van der Waals surface area contributed by atoms with Gasteiger partial charge in [-0.2, -0.15) is 0 Å². The van der Waals surface area contributed by atoms with Gasteiger partial charge in [-0.05, 0) is 31.7 Å². The summed E-state index contributed by atoms with van der Waals surface area (Å²) < 4.78 is 0. The van der Waals surface area contributed by atoms with Crippen molar-refractivity contribution in [2.75, 3.05) is 13.1 Å². The fraction of sp³-hybridized carbons (Fsp3) is 0.917. The number of carbonyl (C=O) groups is 1. The highest BCUT2D eigenvalue weighted by molar-refractivity contribution is 5.85. The first kappa shape index (κ1) is 13.8. The Bertz CT molecular complexity index is 231. The maximum Gasteiger partial charge on any atom is 0.223 e. The van der Waals surface area contributed by atoms with Crippen molar-refractivity contribution in [2.24, 2.45) is 5.92 Å². The summed E-state index contributed by atoms with van der Waals surface area (Å²) in [6.07, 6.45) is 4.27. The second-order valence-electron chi connectivity index (χ2n) is 5.28. The molecule has 2 atom stereocenters. The van der Waals surface area contributed by atoms with Gasteiger partial charge in [0.25, 0.3) is 0 Å². The van der Waals surface area contributed by atoms with Crippen LogP contribution in [0.1, 0.15) is 39.5 Å². The van der Waals surface area contributed by atoms with Gasteiger partial charge in [-0.15, -0.1) is 12.4 Å². The van der Waals surface area contributed by atoms with E-state index >= 15 is 0 Å². The first-order chi connectivity index (χ1) is 7.18. The van der Waals surface area contributed by atoms with E-state index in [0.717, 1.165) is 19.5 Å². The molecule has 0 aromatic heterocycles. The normalized spacial score (nSPS) is 28.8. The average Bonchev–Trinajstić information content (AvgIpc) is 2.38. The van der Waals surface area contributed by atoms with Crippen molar-refractivity contribution >= 4 is 18.3 Å². The van der Waals surface area contributed by atoms with Gasteiger partial charge in [-0.1, -0.05) is 13.8 Å². The van der Waals surface area contributed by atoms with Crippen LogP contribution in [0.25, 0.3) is 0 Å². The predicted octanol–water partition coefficient (Wildman–Crippen LogP) is 1.81. The molecule has 2 aliphatic heterocycles. The van der Waals surface area contributed by atoms with Crippen LogP contribution in [-0.4, -0.2) is 36.0 Å². The lowest BCUT2D eigenvalue weighted by Crippen LogP contribution is -2.42. The molecule has 0 aromatic carbocycles. The van der Waals surface area contributed by atoms with Crippen molar-refractivity contribution in [1.29, 1.82) is 0 Å². The zero-order valence-electron chi connectivity index (χ0n) is 10.2. The molecular weight excluding hydrogens is 224 g/mol. The minimum absolute atomic E-state index is 0. The molecule has 0 saturated carbocycles. The lowest BCUT2D eigenvalue weighted by molar-refractivity contribution is -0.134. The van der Waals surface area contributed by atoms with Crippen molar-refractivity contribution in [3.63, 3.8) is 0 Å². The van der Waals surface area contributed by atoms with Gasteiger partial charge in [0.1, 0.15) is 0 Å². The van der Waals surface area contributed by atoms with E-state index in [1.165, 1.54) is 12.8 Å². The van der Waals surface area contributed by atoms with Crippen LogP contribution in [0, 0.1) is 5.92 Å². The topological polar surface area (TPSA) is 32.3 Å². The van der Waals surface area contributed by atoms with E-state index in [9.17, 15) is 4.79 Å². The number of nitrogens with zero attached hydrogens (tertiary/aromatic N) is 1. The summed E-state index contributed by atoms with van der Waals surface area (Å²) in [6.45, 7) is 6.32. The van der Waals surface area contributed by atoms with Gasteiger partial charge in [-0.3, -0.25) is 4.79 Å². The summed E-state index contributed by atoms with van der Waals surface area (Å²) >= 11 is 0. The van der Waals surface area contributed by atoms with Crippen LogP contribution in [0.5, 0.6) is 0 Å². The van der Waals surface area contributed by atoms with E-state index in [-0.39, 0.29) is 12.4 Å². The van der Waals surface area contributed by atoms with Gasteiger partial charge in [0.15, 0.2) is 0 Å². The molecule has 0 radical (unpaired) electrons. The standard InChI is InChI=1S/C12H22N2O.ClH/c1-9(2)7-12(15)14-10-3-4-11(14)8-13-6-5-10;/h9-11,13H,3-8H2,1-2H3;1H. The third-order valence-corrected chi connectivity index (χ3v) is 3.53. The lowest BCUT2D eigenvalue weighted by Gasteiger charge is -2.28. The third-order valence-electron chi connectivity index (χ3n) is 3.53. The second kappa shape index (κ2) is 5.87. The average molecular weight is 247 g/mol. The Morgan fingerprint density at radius 1 is 1.31 bits per heavy atom. The molecule has 0 spiro atoms. The van der Waals surface area contributed by atoms with E-state index < -0.39 is 0 Å². The number of carbonyl (C=O) groups excluding carboxylic acids is 1. The molecule has 1 N–H and O–H groups in total. The summed E-state index contributed by atoms with van der Waals surface area (Å²) in [5, 5.41) is 3.42. The Hall–Kier alpha value is -0.280. The predicted molar refractivity (Wildman–Crippen MR) is 67.8 cm³/mol. The van der Waals surface area contributed by atoms with Gasteiger partial charge in [-0.25, -0.2) is 0 Å². The molecule has 0 aliphatic carbocycles. The lowest BCUT2D eigenvalue weighted by atomic mass is 10.1. The second-order valence-corrected chi connectivity index (χ2v) is 5.28. The summed E-state index contributed by atoms with van der Waals surface area (Å²) in [5.41, 5.74) is 0. The van der Waals surface area contributed by atoms with E-state index in [2.05, 4.69) is 24.1 Å². The molecule has 2 bridgehead atoms.